The number of hydrogen-bond acceptors (Lipinski definition) is 1. The number of benzene rings is 2. The van der Waals surface area contributed by atoms with Crippen LogP contribution in [-0.2, 0) is 4.74 Å². The summed E-state index contributed by atoms with van der Waals surface area (Å²) in [6, 6.07) is 19.2. The zero-order valence-corrected chi connectivity index (χ0v) is 9.80. The fraction of sp³-hybridized carbons (Fsp3) is 0.250. The van der Waals surface area contributed by atoms with Crippen molar-refractivity contribution in [2.24, 2.45) is 0 Å². The molecule has 0 spiro atoms. The van der Waals surface area contributed by atoms with Crippen LogP contribution in [0.15, 0.2) is 54.6 Å². The zero-order valence-electron chi connectivity index (χ0n) is 9.80. The van der Waals surface area contributed by atoms with Crippen molar-refractivity contribution < 1.29 is 4.74 Å². The summed E-state index contributed by atoms with van der Waals surface area (Å²) in [7, 11) is 0. The SMILES string of the molecule is c1ccc(-c2cccc(C3CCCO3)c2)cc1. The van der Waals surface area contributed by atoms with Crippen molar-refractivity contribution in [1.29, 1.82) is 0 Å². The molecule has 86 valence electrons. The summed E-state index contributed by atoms with van der Waals surface area (Å²) in [5.41, 5.74) is 3.86. The van der Waals surface area contributed by atoms with Gasteiger partial charge in [0.15, 0.2) is 0 Å². The molecule has 1 aliphatic heterocycles. The van der Waals surface area contributed by atoms with Gasteiger partial charge in [-0.05, 0) is 35.6 Å². The zero-order chi connectivity index (χ0) is 11.5. The van der Waals surface area contributed by atoms with Gasteiger partial charge in [-0.1, -0.05) is 48.5 Å². The molecule has 1 heterocycles. The first-order valence-corrected chi connectivity index (χ1v) is 6.20. The monoisotopic (exact) mass is 224 g/mol. The second-order valence-electron chi connectivity index (χ2n) is 4.49. The van der Waals surface area contributed by atoms with Gasteiger partial charge in [0.25, 0.3) is 0 Å². The molecule has 17 heavy (non-hydrogen) atoms. The maximum Gasteiger partial charge on any atom is 0.0826 e. The van der Waals surface area contributed by atoms with Crippen molar-refractivity contribution in [3.8, 4) is 11.1 Å². The quantitative estimate of drug-likeness (QED) is 0.742. The van der Waals surface area contributed by atoms with Gasteiger partial charge in [-0.25, -0.2) is 0 Å². The third-order valence-electron chi connectivity index (χ3n) is 3.30. The van der Waals surface area contributed by atoms with E-state index >= 15 is 0 Å². The largest absolute Gasteiger partial charge is 0.374 e. The van der Waals surface area contributed by atoms with Crippen LogP contribution in [0.3, 0.4) is 0 Å². The smallest absolute Gasteiger partial charge is 0.0826 e. The van der Waals surface area contributed by atoms with E-state index in [4.69, 9.17) is 4.74 Å². The Morgan fingerprint density at radius 3 is 2.47 bits per heavy atom. The summed E-state index contributed by atoms with van der Waals surface area (Å²) in [6.07, 6.45) is 2.64. The number of ether oxygens (including phenoxy) is 1. The van der Waals surface area contributed by atoms with Gasteiger partial charge in [-0.3, -0.25) is 0 Å². The van der Waals surface area contributed by atoms with Crippen LogP contribution in [0.1, 0.15) is 24.5 Å². The van der Waals surface area contributed by atoms with Crippen LogP contribution in [0.5, 0.6) is 0 Å². The number of hydrogen-bond donors (Lipinski definition) is 0. The van der Waals surface area contributed by atoms with Crippen LogP contribution in [0.2, 0.25) is 0 Å². The van der Waals surface area contributed by atoms with Gasteiger partial charge in [0.05, 0.1) is 6.10 Å². The van der Waals surface area contributed by atoms with Gasteiger partial charge in [0.2, 0.25) is 0 Å². The Labute approximate surface area is 102 Å². The standard InChI is InChI=1S/C16H16O/c1-2-6-13(7-3-1)14-8-4-9-15(12-14)16-10-5-11-17-16/h1-4,6-9,12,16H,5,10-11H2. The van der Waals surface area contributed by atoms with E-state index in [-0.39, 0.29) is 0 Å². The summed E-state index contributed by atoms with van der Waals surface area (Å²) in [5, 5.41) is 0. The predicted molar refractivity (Wildman–Crippen MR) is 69.8 cm³/mol. The fourth-order valence-corrected chi connectivity index (χ4v) is 2.39. The lowest BCUT2D eigenvalue weighted by atomic mass is 10.00. The molecule has 1 nitrogen and oxygen atoms in total. The summed E-state index contributed by atoms with van der Waals surface area (Å²) in [5.74, 6) is 0. The first-order chi connectivity index (χ1) is 8.43. The van der Waals surface area contributed by atoms with Crippen LogP contribution in [0.25, 0.3) is 11.1 Å². The van der Waals surface area contributed by atoms with Crippen molar-refractivity contribution in [3.05, 3.63) is 60.2 Å². The Kier molecular flexibility index (Phi) is 2.93. The van der Waals surface area contributed by atoms with E-state index in [2.05, 4.69) is 48.5 Å². The maximum absolute atomic E-state index is 5.73. The normalized spacial score (nSPS) is 19.4. The topological polar surface area (TPSA) is 9.23 Å². The molecular formula is C16H16O. The molecule has 0 bridgehead atoms. The summed E-state index contributed by atoms with van der Waals surface area (Å²) in [4.78, 5) is 0. The average molecular weight is 224 g/mol. The van der Waals surface area contributed by atoms with E-state index in [1.54, 1.807) is 0 Å². The Morgan fingerprint density at radius 1 is 0.882 bits per heavy atom. The molecule has 1 aliphatic rings. The summed E-state index contributed by atoms with van der Waals surface area (Å²) < 4.78 is 5.73. The van der Waals surface area contributed by atoms with Crippen molar-refractivity contribution >= 4 is 0 Å². The van der Waals surface area contributed by atoms with E-state index in [1.807, 2.05) is 6.07 Å². The molecule has 1 unspecified atom stereocenters. The van der Waals surface area contributed by atoms with Gasteiger partial charge in [0, 0.05) is 6.61 Å². The highest BCUT2D eigenvalue weighted by Crippen LogP contribution is 2.31. The Balaban J connectivity index is 1.94. The van der Waals surface area contributed by atoms with Crippen LogP contribution in [-0.4, -0.2) is 6.61 Å². The molecule has 0 amide bonds. The lowest BCUT2D eigenvalue weighted by Crippen LogP contribution is -1.95. The van der Waals surface area contributed by atoms with E-state index < -0.39 is 0 Å². The minimum Gasteiger partial charge on any atom is -0.374 e. The lowest BCUT2D eigenvalue weighted by molar-refractivity contribution is 0.112. The molecule has 1 saturated heterocycles. The second kappa shape index (κ2) is 4.72. The Hall–Kier alpha value is -1.60. The van der Waals surface area contributed by atoms with E-state index in [0.29, 0.717) is 6.10 Å². The van der Waals surface area contributed by atoms with Crippen LogP contribution in [0.4, 0.5) is 0 Å². The average Bonchev–Trinajstić information content (AvgIpc) is 2.94. The number of rotatable bonds is 2. The third-order valence-corrected chi connectivity index (χ3v) is 3.30. The molecule has 1 heteroatoms. The Bertz CT molecular complexity index is 484. The maximum atomic E-state index is 5.73. The molecule has 0 saturated carbocycles. The molecule has 0 aromatic heterocycles. The van der Waals surface area contributed by atoms with Crippen molar-refractivity contribution in [2.75, 3.05) is 6.61 Å². The Morgan fingerprint density at radius 2 is 1.71 bits per heavy atom. The van der Waals surface area contributed by atoms with E-state index in [0.717, 1.165) is 13.0 Å². The van der Waals surface area contributed by atoms with Gasteiger partial charge in [0.1, 0.15) is 0 Å². The highest BCUT2D eigenvalue weighted by molar-refractivity contribution is 5.64. The van der Waals surface area contributed by atoms with Crippen molar-refractivity contribution in [2.45, 2.75) is 18.9 Å². The minimum absolute atomic E-state index is 0.304. The highest BCUT2D eigenvalue weighted by Gasteiger charge is 2.17. The van der Waals surface area contributed by atoms with Crippen molar-refractivity contribution in [1.82, 2.24) is 0 Å². The molecule has 1 atom stereocenters. The highest BCUT2D eigenvalue weighted by atomic mass is 16.5. The molecule has 2 aromatic rings. The molecule has 3 rings (SSSR count). The van der Waals surface area contributed by atoms with Gasteiger partial charge < -0.3 is 4.74 Å². The fourth-order valence-electron chi connectivity index (χ4n) is 2.39. The lowest BCUT2D eigenvalue weighted by Gasteiger charge is -2.11. The molecule has 0 N–H and O–H groups in total. The van der Waals surface area contributed by atoms with Crippen LogP contribution >= 0.6 is 0 Å². The molecule has 1 fully saturated rings. The van der Waals surface area contributed by atoms with Crippen LogP contribution in [0, 0.1) is 0 Å². The predicted octanol–water partition coefficient (Wildman–Crippen LogP) is 4.21. The van der Waals surface area contributed by atoms with Gasteiger partial charge in [-0.2, -0.15) is 0 Å². The second-order valence-corrected chi connectivity index (χ2v) is 4.49. The molecule has 0 radical (unpaired) electrons. The molecule has 2 aromatic carbocycles. The van der Waals surface area contributed by atoms with E-state index in [9.17, 15) is 0 Å². The van der Waals surface area contributed by atoms with Crippen molar-refractivity contribution in [3.63, 3.8) is 0 Å². The van der Waals surface area contributed by atoms with E-state index in [1.165, 1.54) is 23.1 Å². The first-order valence-electron chi connectivity index (χ1n) is 6.20. The van der Waals surface area contributed by atoms with Crippen LogP contribution < -0.4 is 0 Å². The molecule has 0 aliphatic carbocycles. The van der Waals surface area contributed by atoms with Gasteiger partial charge in [-0.15, -0.1) is 0 Å². The summed E-state index contributed by atoms with van der Waals surface area (Å²) >= 11 is 0. The molecular weight excluding hydrogens is 208 g/mol. The third kappa shape index (κ3) is 2.25. The minimum atomic E-state index is 0.304. The first kappa shape index (κ1) is 10.5. The van der Waals surface area contributed by atoms with Gasteiger partial charge >= 0.3 is 0 Å². The summed E-state index contributed by atoms with van der Waals surface area (Å²) in [6.45, 7) is 0.903.